The van der Waals surface area contributed by atoms with E-state index in [2.05, 4.69) is 10.1 Å². The molecule has 1 aliphatic rings. The average molecular weight is 231 g/mol. The number of aliphatic carboxylic acids is 1. The zero-order valence-electron chi connectivity index (χ0n) is 10.2. The number of carboxylic acid groups (broad SMARTS) is 1. The highest BCUT2D eigenvalue weighted by molar-refractivity contribution is 5.72. The quantitative estimate of drug-likeness (QED) is 0.694. The van der Waals surface area contributed by atoms with Gasteiger partial charge in [0.1, 0.15) is 0 Å². The number of piperidine rings is 1. The maximum Gasteiger partial charge on any atom is 0.309 e. The van der Waals surface area contributed by atoms with Gasteiger partial charge >= 0.3 is 5.97 Å². The van der Waals surface area contributed by atoms with E-state index in [-0.39, 0.29) is 11.9 Å². The molecule has 0 spiro atoms. The first-order valence-corrected chi connectivity index (χ1v) is 5.49. The zero-order chi connectivity index (χ0) is 12.6. The molecule has 1 saturated heterocycles. The standard InChI is InChI=1S/C9H17NO2.C2H4O2/c1-7(9(11)12-2)8-5-3-4-6-10-8;1-2(3)4/h7-8,10H,3-6H2,1-2H3;1H3,(H,3,4). The average Bonchev–Trinajstić information content (AvgIpc) is 2.27. The molecule has 2 N–H and O–H groups in total. The first kappa shape index (κ1) is 14.9. The topological polar surface area (TPSA) is 75.6 Å². The number of rotatable bonds is 2. The van der Waals surface area contributed by atoms with Crippen LogP contribution in [-0.4, -0.2) is 36.7 Å². The third kappa shape index (κ3) is 6.40. The van der Waals surface area contributed by atoms with Gasteiger partial charge in [0, 0.05) is 13.0 Å². The first-order valence-electron chi connectivity index (χ1n) is 5.49. The summed E-state index contributed by atoms with van der Waals surface area (Å²) in [5, 5.41) is 10.7. The van der Waals surface area contributed by atoms with Gasteiger partial charge in [0.25, 0.3) is 5.97 Å². The normalized spacial score (nSPS) is 21.3. The van der Waals surface area contributed by atoms with Crippen LogP contribution in [0.3, 0.4) is 0 Å². The highest BCUT2D eigenvalue weighted by Crippen LogP contribution is 2.15. The second-order valence-electron chi connectivity index (χ2n) is 3.89. The highest BCUT2D eigenvalue weighted by atomic mass is 16.5. The second-order valence-corrected chi connectivity index (χ2v) is 3.89. The van der Waals surface area contributed by atoms with Gasteiger partial charge in [0.05, 0.1) is 13.0 Å². The van der Waals surface area contributed by atoms with Gasteiger partial charge in [-0.1, -0.05) is 13.3 Å². The number of nitrogens with one attached hydrogen (secondary N) is 1. The van der Waals surface area contributed by atoms with Crippen molar-refractivity contribution in [3.8, 4) is 0 Å². The van der Waals surface area contributed by atoms with E-state index in [1.165, 1.54) is 20.0 Å². The minimum absolute atomic E-state index is 0.00435. The maximum absolute atomic E-state index is 11.1. The molecule has 5 heteroatoms. The van der Waals surface area contributed by atoms with Gasteiger partial charge in [-0.15, -0.1) is 0 Å². The van der Waals surface area contributed by atoms with E-state index in [4.69, 9.17) is 9.90 Å². The molecular formula is C11H21NO4. The highest BCUT2D eigenvalue weighted by Gasteiger charge is 2.25. The summed E-state index contributed by atoms with van der Waals surface area (Å²) in [7, 11) is 1.45. The monoisotopic (exact) mass is 231 g/mol. The second kappa shape index (κ2) is 8.10. The van der Waals surface area contributed by atoms with E-state index >= 15 is 0 Å². The molecule has 0 aromatic carbocycles. The summed E-state index contributed by atoms with van der Waals surface area (Å²) < 4.78 is 4.69. The Morgan fingerprint density at radius 2 is 2.00 bits per heavy atom. The van der Waals surface area contributed by atoms with Crippen molar-refractivity contribution in [2.45, 2.75) is 39.2 Å². The summed E-state index contributed by atoms with van der Waals surface area (Å²) in [5.74, 6) is -0.940. The molecule has 0 radical (unpaired) electrons. The summed E-state index contributed by atoms with van der Waals surface area (Å²) in [6.45, 7) is 4.04. The Balaban J connectivity index is 0.000000487. The van der Waals surface area contributed by atoms with Crippen molar-refractivity contribution < 1.29 is 19.4 Å². The molecular weight excluding hydrogens is 210 g/mol. The molecule has 1 heterocycles. The van der Waals surface area contributed by atoms with Crippen LogP contribution in [-0.2, 0) is 14.3 Å². The molecule has 2 unspecified atom stereocenters. The van der Waals surface area contributed by atoms with Crippen LogP contribution in [0.2, 0.25) is 0 Å². The Hall–Kier alpha value is -1.10. The number of hydrogen-bond donors (Lipinski definition) is 2. The van der Waals surface area contributed by atoms with Crippen LogP contribution < -0.4 is 5.32 Å². The van der Waals surface area contributed by atoms with Gasteiger partial charge in [0.2, 0.25) is 0 Å². The number of hydrogen-bond acceptors (Lipinski definition) is 4. The number of carbonyl (C=O) groups is 2. The van der Waals surface area contributed by atoms with E-state index in [1.54, 1.807) is 0 Å². The lowest BCUT2D eigenvalue weighted by molar-refractivity contribution is -0.146. The molecule has 1 fully saturated rings. The smallest absolute Gasteiger partial charge is 0.309 e. The Labute approximate surface area is 96.2 Å². The minimum Gasteiger partial charge on any atom is -0.481 e. The molecule has 2 atom stereocenters. The van der Waals surface area contributed by atoms with Gasteiger partial charge < -0.3 is 15.2 Å². The number of ether oxygens (including phenoxy) is 1. The summed E-state index contributed by atoms with van der Waals surface area (Å²) in [4.78, 5) is 20.1. The number of carboxylic acids is 1. The molecule has 5 nitrogen and oxygen atoms in total. The van der Waals surface area contributed by atoms with Crippen molar-refractivity contribution >= 4 is 11.9 Å². The molecule has 0 bridgehead atoms. The summed E-state index contributed by atoms with van der Waals surface area (Å²) in [5.41, 5.74) is 0. The molecule has 94 valence electrons. The summed E-state index contributed by atoms with van der Waals surface area (Å²) >= 11 is 0. The molecule has 0 amide bonds. The SMILES string of the molecule is CC(=O)O.COC(=O)C(C)C1CCCCN1. The fourth-order valence-corrected chi connectivity index (χ4v) is 1.66. The third-order valence-corrected chi connectivity index (χ3v) is 2.52. The summed E-state index contributed by atoms with van der Waals surface area (Å²) in [6.07, 6.45) is 3.54. The van der Waals surface area contributed by atoms with Crippen molar-refractivity contribution in [3.63, 3.8) is 0 Å². The number of carbonyl (C=O) groups excluding carboxylic acids is 1. The molecule has 1 aliphatic heterocycles. The van der Waals surface area contributed by atoms with E-state index in [1.807, 2.05) is 6.92 Å². The third-order valence-electron chi connectivity index (χ3n) is 2.52. The molecule has 16 heavy (non-hydrogen) atoms. The Morgan fingerprint density at radius 1 is 1.44 bits per heavy atom. The predicted molar refractivity (Wildman–Crippen MR) is 60.1 cm³/mol. The van der Waals surface area contributed by atoms with Gasteiger partial charge in [-0.2, -0.15) is 0 Å². The Morgan fingerprint density at radius 3 is 2.38 bits per heavy atom. The van der Waals surface area contributed by atoms with Crippen molar-refractivity contribution in [2.24, 2.45) is 5.92 Å². The van der Waals surface area contributed by atoms with Crippen molar-refractivity contribution in [2.75, 3.05) is 13.7 Å². The van der Waals surface area contributed by atoms with E-state index < -0.39 is 5.97 Å². The van der Waals surface area contributed by atoms with E-state index in [0.29, 0.717) is 6.04 Å². The zero-order valence-corrected chi connectivity index (χ0v) is 10.2. The Kier molecular flexibility index (Phi) is 7.54. The predicted octanol–water partition coefficient (Wildman–Crippen LogP) is 1.03. The first-order chi connectivity index (χ1) is 7.49. The molecule has 1 rings (SSSR count). The lowest BCUT2D eigenvalue weighted by Gasteiger charge is -2.27. The lowest BCUT2D eigenvalue weighted by atomic mass is 9.94. The van der Waals surface area contributed by atoms with Gasteiger partial charge in [0.15, 0.2) is 0 Å². The number of esters is 1. The maximum atomic E-state index is 11.1. The van der Waals surface area contributed by atoms with Crippen molar-refractivity contribution in [1.82, 2.24) is 5.32 Å². The fraction of sp³-hybridized carbons (Fsp3) is 0.818. The van der Waals surface area contributed by atoms with Crippen molar-refractivity contribution in [1.29, 1.82) is 0 Å². The van der Waals surface area contributed by atoms with Crippen LogP contribution >= 0.6 is 0 Å². The molecule has 0 aliphatic carbocycles. The number of methoxy groups -OCH3 is 1. The summed E-state index contributed by atoms with van der Waals surface area (Å²) in [6, 6.07) is 0.325. The fourth-order valence-electron chi connectivity index (χ4n) is 1.66. The lowest BCUT2D eigenvalue weighted by Crippen LogP contribution is -2.42. The molecule has 0 saturated carbocycles. The molecule has 0 aromatic rings. The van der Waals surface area contributed by atoms with Gasteiger partial charge in [-0.3, -0.25) is 9.59 Å². The van der Waals surface area contributed by atoms with Crippen LogP contribution in [0.5, 0.6) is 0 Å². The van der Waals surface area contributed by atoms with Crippen LogP contribution in [0, 0.1) is 5.92 Å². The van der Waals surface area contributed by atoms with Crippen LogP contribution in [0.15, 0.2) is 0 Å². The van der Waals surface area contributed by atoms with E-state index in [9.17, 15) is 4.79 Å². The largest absolute Gasteiger partial charge is 0.481 e. The molecule has 0 aromatic heterocycles. The Bertz CT molecular complexity index is 220. The van der Waals surface area contributed by atoms with Gasteiger partial charge in [-0.05, 0) is 19.4 Å². The van der Waals surface area contributed by atoms with Crippen LogP contribution in [0.25, 0.3) is 0 Å². The van der Waals surface area contributed by atoms with Crippen LogP contribution in [0.1, 0.15) is 33.1 Å². The minimum atomic E-state index is -0.833. The van der Waals surface area contributed by atoms with Crippen molar-refractivity contribution in [3.05, 3.63) is 0 Å². The van der Waals surface area contributed by atoms with Crippen LogP contribution in [0.4, 0.5) is 0 Å². The van der Waals surface area contributed by atoms with E-state index in [0.717, 1.165) is 19.9 Å². The van der Waals surface area contributed by atoms with Gasteiger partial charge in [-0.25, -0.2) is 0 Å².